The summed E-state index contributed by atoms with van der Waals surface area (Å²) in [4.78, 5) is 22.8. The molecule has 0 aromatic heterocycles. The fourth-order valence-electron chi connectivity index (χ4n) is 1.33. The Morgan fingerprint density at radius 2 is 1.57 bits per heavy atom. The number of hydrogen-bond acceptors (Lipinski definition) is 2. The highest BCUT2D eigenvalue weighted by molar-refractivity contribution is 7.95. The zero-order chi connectivity index (χ0) is 10.6. The Bertz CT molecular complexity index is 249. The van der Waals surface area contributed by atoms with Gasteiger partial charge in [0.15, 0.2) is 11.5 Å². The van der Waals surface area contributed by atoms with Crippen molar-refractivity contribution in [2.75, 3.05) is 11.5 Å². The lowest BCUT2D eigenvalue weighted by Gasteiger charge is -2.12. The highest BCUT2D eigenvalue weighted by Crippen LogP contribution is 2.18. The van der Waals surface area contributed by atoms with E-state index < -0.39 is 0 Å². The molecule has 0 radical (unpaired) electrons. The minimum atomic E-state index is -0.362. The fourth-order valence-corrected chi connectivity index (χ4v) is 3.07. The predicted octanol–water partition coefficient (Wildman–Crippen LogP) is 1.04. The van der Waals surface area contributed by atoms with Gasteiger partial charge in [0.25, 0.3) is 11.8 Å². The van der Waals surface area contributed by atoms with Crippen LogP contribution in [-0.4, -0.2) is 27.6 Å². The van der Waals surface area contributed by atoms with E-state index in [1.165, 1.54) is 4.31 Å². The molecule has 1 aliphatic heterocycles. The van der Waals surface area contributed by atoms with Gasteiger partial charge in [-0.1, -0.05) is 17.5 Å². The zero-order valence-corrected chi connectivity index (χ0v) is 8.89. The smallest absolute Gasteiger partial charge is 0.270 e. The second-order valence-corrected chi connectivity index (χ2v) is 4.91. The average Bonchev–Trinajstić information content (AvgIpc) is 2.46. The highest BCUT2D eigenvalue weighted by atomic mass is 32.2. The molecule has 1 aliphatic rings. The van der Waals surface area contributed by atoms with Crippen LogP contribution in [0.3, 0.4) is 0 Å². The topological polar surface area (TPSA) is 37.4 Å². The second-order valence-electron chi connectivity index (χ2n) is 2.95. The van der Waals surface area contributed by atoms with Crippen molar-refractivity contribution in [1.29, 1.82) is 0 Å². The lowest BCUT2D eigenvalue weighted by Crippen LogP contribution is -2.38. The molecule has 1 fully saturated rings. The summed E-state index contributed by atoms with van der Waals surface area (Å²) in [6, 6.07) is 0. The van der Waals surface area contributed by atoms with Crippen molar-refractivity contribution in [3.63, 3.8) is 0 Å². The van der Waals surface area contributed by atoms with E-state index in [0.717, 1.165) is 0 Å². The molecule has 2 amide bonds. The summed E-state index contributed by atoms with van der Waals surface area (Å²) in [5.41, 5.74) is 0. The Hall–Kier alpha value is -1.03. The Morgan fingerprint density at radius 3 is 1.93 bits per heavy atom. The Kier molecular flexibility index (Phi) is 3.95. The van der Waals surface area contributed by atoms with E-state index in [4.69, 9.17) is 0 Å². The van der Waals surface area contributed by atoms with Crippen LogP contribution in [0.4, 0.5) is 0 Å². The molecular weight excluding hydrogens is 198 g/mol. The Labute approximate surface area is 86.9 Å². The van der Waals surface area contributed by atoms with E-state index in [-0.39, 0.29) is 22.9 Å². The molecule has 1 rings (SSSR count). The third kappa shape index (κ3) is 2.26. The molecule has 3 nitrogen and oxygen atoms in total. The Morgan fingerprint density at radius 1 is 1.14 bits per heavy atom. The number of imide groups is 1. The number of nitrogens with zero attached hydrogens (tertiary/aromatic N) is 1. The van der Waals surface area contributed by atoms with Crippen molar-refractivity contribution in [1.82, 2.24) is 4.31 Å². The van der Waals surface area contributed by atoms with Crippen LogP contribution in [0, 0.1) is 0 Å². The Balaban J connectivity index is 2.74. The van der Waals surface area contributed by atoms with E-state index in [1.54, 1.807) is 12.2 Å². The quantitative estimate of drug-likeness (QED) is 0.388. The molecule has 0 aromatic carbocycles. The highest BCUT2D eigenvalue weighted by Gasteiger charge is 2.41. The molecule has 1 heterocycles. The van der Waals surface area contributed by atoms with Crippen molar-refractivity contribution in [2.24, 2.45) is 0 Å². The van der Waals surface area contributed by atoms with Gasteiger partial charge in [0.05, 0.1) is 0 Å². The summed E-state index contributed by atoms with van der Waals surface area (Å²) in [5, 5.41) is 0. The predicted molar refractivity (Wildman–Crippen MR) is 58.6 cm³/mol. The molecule has 0 aromatic rings. The zero-order valence-electron chi connectivity index (χ0n) is 8.07. The van der Waals surface area contributed by atoms with Gasteiger partial charge in [0.2, 0.25) is 0 Å². The second kappa shape index (κ2) is 5.00. The van der Waals surface area contributed by atoms with E-state index in [1.807, 2.05) is 0 Å². The van der Waals surface area contributed by atoms with Gasteiger partial charge >= 0.3 is 0 Å². The number of rotatable bonds is 5. The van der Waals surface area contributed by atoms with Gasteiger partial charge in [-0.2, -0.15) is 0 Å². The number of carbonyl (C=O) groups excluding carboxylic acids is 2. The molecule has 76 valence electrons. The van der Waals surface area contributed by atoms with Crippen LogP contribution in [-0.2, 0) is 20.7 Å². The summed E-state index contributed by atoms with van der Waals surface area (Å²) in [6.45, 7) is 7.26. The van der Waals surface area contributed by atoms with Gasteiger partial charge in [-0.05, 0) is 12.2 Å². The lowest BCUT2D eigenvalue weighted by atomic mass is 10.4. The van der Waals surface area contributed by atoms with Crippen molar-refractivity contribution in [3.05, 3.63) is 25.3 Å². The van der Waals surface area contributed by atoms with Crippen LogP contribution in [0.5, 0.6) is 0 Å². The molecule has 0 unspecified atom stereocenters. The van der Waals surface area contributed by atoms with E-state index >= 15 is 0 Å². The minimum Gasteiger partial charge on any atom is -0.270 e. The van der Waals surface area contributed by atoms with Crippen molar-refractivity contribution < 1.29 is 9.59 Å². The maximum Gasteiger partial charge on any atom is 0.273 e. The van der Waals surface area contributed by atoms with Gasteiger partial charge < -0.3 is 0 Å². The molecular formula is C10H14NO2S+. The van der Waals surface area contributed by atoms with Gasteiger partial charge in [0, 0.05) is 12.8 Å². The van der Waals surface area contributed by atoms with Crippen LogP contribution in [0.1, 0.15) is 12.8 Å². The van der Waals surface area contributed by atoms with Crippen molar-refractivity contribution in [3.8, 4) is 0 Å². The van der Waals surface area contributed by atoms with E-state index in [0.29, 0.717) is 24.3 Å². The average molecular weight is 212 g/mol. The third-order valence-electron chi connectivity index (χ3n) is 1.88. The molecule has 1 saturated heterocycles. The summed E-state index contributed by atoms with van der Waals surface area (Å²) in [7, 11) is 0. The molecule has 14 heavy (non-hydrogen) atoms. The molecule has 0 N–H and O–H groups in total. The first-order valence-corrected chi connectivity index (χ1v) is 5.98. The molecule has 0 aliphatic carbocycles. The largest absolute Gasteiger partial charge is 0.273 e. The number of hydrogen-bond donors (Lipinski definition) is 0. The summed E-state index contributed by atoms with van der Waals surface area (Å²) in [5.74, 6) is 1.23. The fraction of sp³-hybridized carbons (Fsp3) is 0.400. The van der Waals surface area contributed by atoms with Crippen molar-refractivity contribution >= 4 is 22.9 Å². The maximum atomic E-state index is 11.4. The molecule has 0 bridgehead atoms. The van der Waals surface area contributed by atoms with Crippen LogP contribution < -0.4 is 0 Å². The first-order chi connectivity index (χ1) is 6.70. The van der Waals surface area contributed by atoms with Gasteiger partial charge in [-0.25, -0.2) is 0 Å². The number of amides is 2. The first-order valence-electron chi connectivity index (χ1n) is 4.46. The normalized spacial score (nSPS) is 16.5. The third-order valence-corrected chi connectivity index (χ3v) is 4.05. The lowest BCUT2D eigenvalue weighted by molar-refractivity contribution is -0.132. The van der Waals surface area contributed by atoms with Crippen LogP contribution in [0.2, 0.25) is 0 Å². The summed E-state index contributed by atoms with van der Waals surface area (Å²) in [6.07, 6.45) is 4.20. The monoisotopic (exact) mass is 212 g/mol. The standard InChI is InChI=1S/C10H14NO2S/c1-3-7-14(8-4-2)11-9(12)5-6-10(11)13/h3-4H,1-2,5-8H2/q+1. The van der Waals surface area contributed by atoms with Gasteiger partial charge in [-0.15, -0.1) is 0 Å². The maximum absolute atomic E-state index is 11.4. The van der Waals surface area contributed by atoms with E-state index in [9.17, 15) is 9.59 Å². The molecule has 0 saturated carbocycles. The van der Waals surface area contributed by atoms with Gasteiger partial charge in [0.1, 0.15) is 11.1 Å². The van der Waals surface area contributed by atoms with Crippen LogP contribution >= 0.6 is 0 Å². The van der Waals surface area contributed by atoms with Gasteiger partial charge in [-0.3, -0.25) is 9.59 Å². The molecule has 0 atom stereocenters. The van der Waals surface area contributed by atoms with Crippen LogP contribution in [0.25, 0.3) is 0 Å². The van der Waals surface area contributed by atoms with E-state index in [2.05, 4.69) is 13.2 Å². The first kappa shape index (κ1) is 11.0. The van der Waals surface area contributed by atoms with Crippen LogP contribution in [0.15, 0.2) is 25.3 Å². The summed E-state index contributed by atoms with van der Waals surface area (Å²) >= 11 is -0.362. The number of carbonyl (C=O) groups is 2. The molecule has 0 spiro atoms. The minimum absolute atomic E-state index is 0.0537. The summed E-state index contributed by atoms with van der Waals surface area (Å²) < 4.78 is 1.39. The molecule has 4 heteroatoms. The van der Waals surface area contributed by atoms with Crippen molar-refractivity contribution in [2.45, 2.75) is 12.8 Å². The SMILES string of the molecule is C=CC[S+](CC=C)N1C(=O)CCC1=O.